The van der Waals surface area contributed by atoms with Gasteiger partial charge in [-0.2, -0.15) is 0 Å². The van der Waals surface area contributed by atoms with Crippen LogP contribution in [0.2, 0.25) is 0 Å². The molecule has 1 aromatic heterocycles. The van der Waals surface area contributed by atoms with Gasteiger partial charge in [-0.3, -0.25) is 0 Å². The first-order valence-electron chi connectivity index (χ1n) is 4.15. The first-order valence-corrected chi connectivity index (χ1v) is 5.14. The van der Waals surface area contributed by atoms with Crippen molar-refractivity contribution in [1.82, 2.24) is 14.9 Å². The van der Waals surface area contributed by atoms with Crippen molar-refractivity contribution in [3.63, 3.8) is 0 Å². The Morgan fingerprint density at radius 2 is 2.38 bits per heavy atom. The first kappa shape index (κ1) is 12.8. The van der Waals surface area contributed by atoms with E-state index in [0.717, 1.165) is 24.0 Å². The summed E-state index contributed by atoms with van der Waals surface area (Å²) in [5, 5.41) is 4.36. The minimum absolute atomic E-state index is 0. The highest BCUT2D eigenvalue weighted by atomic mass is 35.5. The smallest absolute Gasteiger partial charge is 0.167 e. The summed E-state index contributed by atoms with van der Waals surface area (Å²) >= 11 is 1.78. The second kappa shape index (κ2) is 7.24. The van der Waals surface area contributed by atoms with Crippen molar-refractivity contribution in [2.45, 2.75) is 12.1 Å². The average molecular weight is 222 g/mol. The SMILES string of the molecule is CCNCCSc1nccn1C.Cl. The maximum Gasteiger partial charge on any atom is 0.167 e. The van der Waals surface area contributed by atoms with Crippen LogP contribution in [0.25, 0.3) is 0 Å². The van der Waals surface area contributed by atoms with E-state index in [9.17, 15) is 0 Å². The number of hydrogen-bond donors (Lipinski definition) is 1. The van der Waals surface area contributed by atoms with Crippen LogP contribution in [-0.2, 0) is 7.05 Å². The highest BCUT2D eigenvalue weighted by Crippen LogP contribution is 2.12. The van der Waals surface area contributed by atoms with Gasteiger partial charge in [-0.25, -0.2) is 4.98 Å². The molecule has 1 N–H and O–H groups in total. The fraction of sp³-hybridized carbons (Fsp3) is 0.625. The van der Waals surface area contributed by atoms with Gasteiger partial charge in [0.05, 0.1) is 0 Å². The Morgan fingerprint density at radius 1 is 1.62 bits per heavy atom. The maximum atomic E-state index is 4.21. The summed E-state index contributed by atoms with van der Waals surface area (Å²) in [5.41, 5.74) is 0. The Kier molecular flexibility index (Phi) is 7.13. The highest BCUT2D eigenvalue weighted by Gasteiger charge is 1.97. The molecule has 0 aliphatic carbocycles. The highest BCUT2D eigenvalue weighted by molar-refractivity contribution is 7.99. The molecular weight excluding hydrogens is 206 g/mol. The van der Waals surface area contributed by atoms with Crippen molar-refractivity contribution in [2.24, 2.45) is 7.05 Å². The van der Waals surface area contributed by atoms with Crippen LogP contribution in [0.1, 0.15) is 6.92 Å². The van der Waals surface area contributed by atoms with E-state index in [1.165, 1.54) is 0 Å². The van der Waals surface area contributed by atoms with Gasteiger partial charge >= 0.3 is 0 Å². The number of aromatic nitrogens is 2. The van der Waals surface area contributed by atoms with E-state index in [-0.39, 0.29) is 12.4 Å². The molecule has 0 saturated heterocycles. The molecule has 13 heavy (non-hydrogen) atoms. The van der Waals surface area contributed by atoms with E-state index in [1.54, 1.807) is 11.8 Å². The van der Waals surface area contributed by atoms with E-state index in [2.05, 4.69) is 17.2 Å². The van der Waals surface area contributed by atoms with Gasteiger partial charge < -0.3 is 9.88 Å². The second-order valence-electron chi connectivity index (χ2n) is 2.52. The number of nitrogens with one attached hydrogen (secondary N) is 1. The first-order chi connectivity index (χ1) is 5.84. The molecule has 0 amide bonds. The van der Waals surface area contributed by atoms with E-state index in [0.29, 0.717) is 0 Å². The molecule has 0 bridgehead atoms. The molecule has 0 atom stereocenters. The van der Waals surface area contributed by atoms with Crippen molar-refractivity contribution < 1.29 is 0 Å². The fourth-order valence-corrected chi connectivity index (χ4v) is 1.71. The number of nitrogens with zero attached hydrogens (tertiary/aromatic N) is 2. The lowest BCUT2D eigenvalue weighted by atomic mass is 10.7. The van der Waals surface area contributed by atoms with E-state index in [4.69, 9.17) is 0 Å². The molecule has 0 radical (unpaired) electrons. The number of aryl methyl sites for hydroxylation is 1. The molecule has 1 rings (SSSR count). The van der Waals surface area contributed by atoms with Gasteiger partial charge in [0.1, 0.15) is 0 Å². The Hall–Kier alpha value is -0.190. The predicted octanol–water partition coefficient (Wildman–Crippen LogP) is 1.54. The van der Waals surface area contributed by atoms with E-state index in [1.807, 2.05) is 24.0 Å². The molecule has 76 valence electrons. The molecule has 1 heterocycles. The molecule has 0 fully saturated rings. The zero-order valence-electron chi connectivity index (χ0n) is 7.99. The van der Waals surface area contributed by atoms with Crippen molar-refractivity contribution in [3.8, 4) is 0 Å². The molecule has 0 spiro atoms. The summed E-state index contributed by atoms with van der Waals surface area (Å²) in [4.78, 5) is 4.21. The van der Waals surface area contributed by atoms with Crippen molar-refractivity contribution in [3.05, 3.63) is 12.4 Å². The van der Waals surface area contributed by atoms with Gasteiger partial charge in [0.15, 0.2) is 5.16 Å². The van der Waals surface area contributed by atoms with Crippen LogP contribution >= 0.6 is 24.2 Å². The van der Waals surface area contributed by atoms with Gasteiger partial charge in [-0.1, -0.05) is 18.7 Å². The van der Waals surface area contributed by atoms with Crippen LogP contribution in [0.15, 0.2) is 17.6 Å². The standard InChI is InChI=1S/C8H15N3S.ClH/c1-3-9-5-7-12-8-10-4-6-11(8)2;/h4,6,9H,3,5,7H2,1-2H3;1H. The molecular formula is C8H16ClN3S. The lowest BCUT2D eigenvalue weighted by Crippen LogP contribution is -2.16. The molecule has 3 nitrogen and oxygen atoms in total. The third kappa shape index (κ3) is 4.55. The Morgan fingerprint density at radius 3 is 2.92 bits per heavy atom. The lowest BCUT2D eigenvalue weighted by molar-refractivity contribution is 0.760. The van der Waals surface area contributed by atoms with Gasteiger partial charge in [-0.15, -0.1) is 12.4 Å². The summed E-state index contributed by atoms with van der Waals surface area (Å²) in [6, 6.07) is 0. The topological polar surface area (TPSA) is 29.9 Å². The zero-order chi connectivity index (χ0) is 8.81. The maximum absolute atomic E-state index is 4.21. The molecule has 0 aliphatic heterocycles. The summed E-state index contributed by atoms with van der Waals surface area (Å²) < 4.78 is 2.04. The molecule has 0 unspecified atom stereocenters. The van der Waals surface area contributed by atoms with Crippen LogP contribution in [0, 0.1) is 0 Å². The monoisotopic (exact) mass is 221 g/mol. The quantitative estimate of drug-likeness (QED) is 0.605. The predicted molar refractivity (Wildman–Crippen MR) is 59.7 cm³/mol. The fourth-order valence-electron chi connectivity index (χ4n) is 0.882. The van der Waals surface area contributed by atoms with Crippen molar-refractivity contribution in [2.75, 3.05) is 18.8 Å². The van der Waals surface area contributed by atoms with Crippen molar-refractivity contribution >= 4 is 24.2 Å². The number of rotatable bonds is 5. The second-order valence-corrected chi connectivity index (χ2v) is 3.58. The largest absolute Gasteiger partial charge is 0.329 e. The van der Waals surface area contributed by atoms with Crippen LogP contribution in [0.4, 0.5) is 0 Å². The van der Waals surface area contributed by atoms with E-state index >= 15 is 0 Å². The van der Waals surface area contributed by atoms with Crippen molar-refractivity contribution in [1.29, 1.82) is 0 Å². The third-order valence-corrected chi connectivity index (χ3v) is 2.60. The Bertz CT molecular complexity index is 227. The van der Waals surface area contributed by atoms with Gasteiger partial charge in [0.2, 0.25) is 0 Å². The van der Waals surface area contributed by atoms with Gasteiger partial charge in [0.25, 0.3) is 0 Å². The minimum Gasteiger partial charge on any atom is -0.329 e. The number of imidazole rings is 1. The van der Waals surface area contributed by atoms with E-state index < -0.39 is 0 Å². The molecule has 1 aromatic rings. The number of hydrogen-bond acceptors (Lipinski definition) is 3. The summed E-state index contributed by atoms with van der Waals surface area (Å²) in [6.07, 6.45) is 3.80. The minimum atomic E-state index is 0. The normalized spacial score (nSPS) is 9.69. The summed E-state index contributed by atoms with van der Waals surface area (Å²) in [6.45, 7) is 4.21. The van der Waals surface area contributed by atoms with Gasteiger partial charge in [-0.05, 0) is 6.54 Å². The zero-order valence-corrected chi connectivity index (χ0v) is 9.62. The number of halogens is 1. The molecule has 0 saturated carbocycles. The third-order valence-electron chi connectivity index (χ3n) is 1.54. The Labute approximate surface area is 89.7 Å². The molecule has 0 aliphatic rings. The van der Waals surface area contributed by atoms with Crippen LogP contribution < -0.4 is 5.32 Å². The Balaban J connectivity index is 0.00000144. The lowest BCUT2D eigenvalue weighted by Gasteiger charge is -2.01. The molecule has 5 heteroatoms. The average Bonchev–Trinajstić information content (AvgIpc) is 2.46. The van der Waals surface area contributed by atoms with Crippen LogP contribution in [0.3, 0.4) is 0 Å². The summed E-state index contributed by atoms with van der Waals surface area (Å²) in [7, 11) is 2.02. The van der Waals surface area contributed by atoms with Gasteiger partial charge in [0, 0.05) is 31.7 Å². The van der Waals surface area contributed by atoms with Crippen LogP contribution in [-0.4, -0.2) is 28.4 Å². The van der Waals surface area contributed by atoms with Crippen LogP contribution in [0.5, 0.6) is 0 Å². The summed E-state index contributed by atoms with van der Waals surface area (Å²) in [5.74, 6) is 1.08. The number of thioether (sulfide) groups is 1. The molecule has 0 aromatic carbocycles.